The van der Waals surface area contributed by atoms with Crippen molar-refractivity contribution in [3.05, 3.63) is 18.7 Å². The van der Waals surface area contributed by atoms with Crippen LogP contribution in [0.25, 0.3) is 0 Å². The molecular formula is C6H8N2O3. The topological polar surface area (TPSA) is 75.3 Å². The first-order valence-corrected chi connectivity index (χ1v) is 3.07. The Labute approximate surface area is 62.9 Å². The zero-order valence-electron chi connectivity index (χ0n) is 5.71. The lowest BCUT2D eigenvalue weighted by atomic mass is 10.3. The lowest BCUT2D eigenvalue weighted by Crippen LogP contribution is -2.28. The van der Waals surface area contributed by atoms with Crippen molar-refractivity contribution in [3.63, 3.8) is 0 Å². The molecule has 0 aliphatic carbocycles. The maximum absolute atomic E-state index is 10.9. The van der Waals surface area contributed by atoms with Gasteiger partial charge in [-0.25, -0.2) is 4.98 Å². The minimum atomic E-state index is -1.36. The van der Waals surface area contributed by atoms with E-state index in [1.807, 2.05) is 0 Å². The van der Waals surface area contributed by atoms with E-state index in [2.05, 4.69) is 4.98 Å². The van der Waals surface area contributed by atoms with E-state index in [0.29, 0.717) is 0 Å². The van der Waals surface area contributed by atoms with Gasteiger partial charge < -0.3 is 10.2 Å². The second-order valence-corrected chi connectivity index (χ2v) is 2.01. The quantitative estimate of drug-likeness (QED) is 0.568. The van der Waals surface area contributed by atoms with Crippen molar-refractivity contribution in [2.75, 3.05) is 6.61 Å². The standard InChI is InChI=1S/C6H8N2O3/c9-3-5(10)6(11)8-2-1-7-4-8/h1-2,4-5,9-10H,3H2. The zero-order chi connectivity index (χ0) is 8.27. The van der Waals surface area contributed by atoms with Crippen LogP contribution in [0.2, 0.25) is 0 Å². The second kappa shape index (κ2) is 3.27. The number of hydrogen-bond acceptors (Lipinski definition) is 4. The molecule has 0 saturated carbocycles. The molecule has 0 aliphatic heterocycles. The molecule has 0 aliphatic rings. The van der Waals surface area contributed by atoms with Gasteiger partial charge in [0.1, 0.15) is 6.33 Å². The van der Waals surface area contributed by atoms with Crippen LogP contribution in [0.5, 0.6) is 0 Å². The molecule has 0 radical (unpaired) electrons. The Hall–Kier alpha value is -1.20. The maximum Gasteiger partial charge on any atom is 0.263 e. The number of imidazole rings is 1. The molecular weight excluding hydrogens is 148 g/mol. The van der Waals surface area contributed by atoms with Crippen LogP contribution < -0.4 is 0 Å². The lowest BCUT2D eigenvalue weighted by Gasteiger charge is -2.04. The average molecular weight is 156 g/mol. The van der Waals surface area contributed by atoms with Gasteiger partial charge in [0.2, 0.25) is 0 Å². The number of aliphatic hydroxyl groups excluding tert-OH is 2. The van der Waals surface area contributed by atoms with Gasteiger partial charge in [-0.05, 0) is 0 Å². The fourth-order valence-electron chi connectivity index (χ4n) is 0.640. The molecule has 1 atom stereocenters. The largest absolute Gasteiger partial charge is 0.393 e. The van der Waals surface area contributed by atoms with E-state index >= 15 is 0 Å². The second-order valence-electron chi connectivity index (χ2n) is 2.01. The molecule has 0 bridgehead atoms. The van der Waals surface area contributed by atoms with Crippen molar-refractivity contribution in [2.45, 2.75) is 6.10 Å². The van der Waals surface area contributed by atoms with Gasteiger partial charge in [-0.15, -0.1) is 0 Å². The summed E-state index contributed by atoms with van der Waals surface area (Å²) in [5.74, 6) is -0.579. The van der Waals surface area contributed by atoms with Gasteiger partial charge >= 0.3 is 0 Å². The van der Waals surface area contributed by atoms with Gasteiger partial charge in [-0.3, -0.25) is 9.36 Å². The molecule has 1 aromatic rings. The summed E-state index contributed by atoms with van der Waals surface area (Å²) >= 11 is 0. The van der Waals surface area contributed by atoms with E-state index < -0.39 is 18.6 Å². The molecule has 2 N–H and O–H groups in total. The van der Waals surface area contributed by atoms with Crippen molar-refractivity contribution in [3.8, 4) is 0 Å². The van der Waals surface area contributed by atoms with E-state index in [0.717, 1.165) is 4.57 Å². The Morgan fingerprint density at radius 3 is 2.91 bits per heavy atom. The van der Waals surface area contributed by atoms with E-state index in [9.17, 15) is 4.79 Å². The smallest absolute Gasteiger partial charge is 0.263 e. The fourth-order valence-corrected chi connectivity index (χ4v) is 0.640. The van der Waals surface area contributed by atoms with Gasteiger partial charge in [-0.2, -0.15) is 0 Å². The summed E-state index contributed by atoms with van der Waals surface area (Å²) in [4.78, 5) is 14.6. The summed E-state index contributed by atoms with van der Waals surface area (Å²) in [5.41, 5.74) is 0. The molecule has 5 nitrogen and oxygen atoms in total. The minimum Gasteiger partial charge on any atom is -0.393 e. The van der Waals surface area contributed by atoms with Crippen molar-refractivity contribution in [2.24, 2.45) is 0 Å². The molecule has 5 heteroatoms. The first-order valence-electron chi connectivity index (χ1n) is 3.07. The van der Waals surface area contributed by atoms with Crippen molar-refractivity contribution >= 4 is 5.91 Å². The van der Waals surface area contributed by atoms with E-state index in [1.165, 1.54) is 18.7 Å². The molecule has 1 unspecified atom stereocenters. The Kier molecular flexibility index (Phi) is 2.35. The highest BCUT2D eigenvalue weighted by molar-refractivity contribution is 5.82. The molecule has 0 amide bonds. The van der Waals surface area contributed by atoms with Crippen LogP contribution in [0, 0.1) is 0 Å². The number of aliphatic hydroxyl groups is 2. The van der Waals surface area contributed by atoms with Gasteiger partial charge in [0.25, 0.3) is 5.91 Å². The molecule has 0 fully saturated rings. The monoisotopic (exact) mass is 156 g/mol. The number of carbonyl (C=O) groups excluding carboxylic acids is 1. The van der Waals surface area contributed by atoms with Crippen LogP contribution in [0.1, 0.15) is 4.79 Å². The third-order valence-corrected chi connectivity index (χ3v) is 1.22. The highest BCUT2D eigenvalue weighted by Gasteiger charge is 2.14. The number of aromatic nitrogens is 2. The van der Waals surface area contributed by atoms with Crippen LogP contribution >= 0.6 is 0 Å². The van der Waals surface area contributed by atoms with Crippen molar-refractivity contribution < 1.29 is 15.0 Å². The highest BCUT2D eigenvalue weighted by atomic mass is 16.3. The number of rotatable bonds is 2. The van der Waals surface area contributed by atoms with Crippen LogP contribution in [-0.4, -0.2) is 38.4 Å². The summed E-state index contributed by atoms with van der Waals surface area (Å²) in [6.45, 7) is -0.572. The molecule has 0 spiro atoms. The molecule has 1 heterocycles. The van der Waals surface area contributed by atoms with E-state index in [1.54, 1.807) is 0 Å². The molecule has 60 valence electrons. The van der Waals surface area contributed by atoms with Gasteiger partial charge in [0.05, 0.1) is 6.61 Å². The Morgan fingerprint density at radius 1 is 1.73 bits per heavy atom. The molecule has 0 saturated heterocycles. The number of hydrogen-bond donors (Lipinski definition) is 2. The first kappa shape index (κ1) is 7.90. The molecule has 1 rings (SSSR count). The van der Waals surface area contributed by atoms with Crippen molar-refractivity contribution in [1.29, 1.82) is 0 Å². The van der Waals surface area contributed by atoms with Gasteiger partial charge in [-0.1, -0.05) is 0 Å². The van der Waals surface area contributed by atoms with Gasteiger partial charge in [0, 0.05) is 12.4 Å². The fraction of sp³-hybridized carbons (Fsp3) is 0.333. The van der Waals surface area contributed by atoms with Crippen molar-refractivity contribution in [1.82, 2.24) is 9.55 Å². The summed E-state index contributed by atoms with van der Waals surface area (Å²) < 4.78 is 1.11. The third-order valence-electron chi connectivity index (χ3n) is 1.22. The summed E-state index contributed by atoms with van der Waals surface area (Å²) in [7, 11) is 0. The normalized spacial score (nSPS) is 12.9. The summed E-state index contributed by atoms with van der Waals surface area (Å²) in [5, 5.41) is 17.2. The predicted molar refractivity (Wildman–Crippen MR) is 35.9 cm³/mol. The molecule has 11 heavy (non-hydrogen) atoms. The Balaban J connectivity index is 2.70. The SMILES string of the molecule is O=C(C(O)CO)n1ccnc1. The van der Waals surface area contributed by atoms with E-state index in [4.69, 9.17) is 10.2 Å². The zero-order valence-corrected chi connectivity index (χ0v) is 5.71. The Bertz CT molecular complexity index is 232. The highest BCUT2D eigenvalue weighted by Crippen LogP contribution is 1.91. The summed E-state index contributed by atoms with van der Waals surface area (Å²) in [6, 6.07) is 0. The van der Waals surface area contributed by atoms with Crippen LogP contribution in [0.4, 0.5) is 0 Å². The van der Waals surface area contributed by atoms with Crippen LogP contribution in [0.3, 0.4) is 0 Å². The summed E-state index contributed by atoms with van der Waals surface area (Å²) in [6.07, 6.45) is 2.73. The predicted octanol–water partition coefficient (Wildman–Crippen LogP) is -1.12. The molecule has 0 aromatic carbocycles. The number of carbonyl (C=O) groups is 1. The minimum absolute atomic E-state index is 0.572. The third kappa shape index (κ3) is 1.63. The van der Waals surface area contributed by atoms with Crippen LogP contribution in [-0.2, 0) is 0 Å². The lowest BCUT2D eigenvalue weighted by molar-refractivity contribution is 0.0499. The van der Waals surface area contributed by atoms with E-state index in [-0.39, 0.29) is 0 Å². The van der Waals surface area contributed by atoms with Gasteiger partial charge in [0.15, 0.2) is 6.10 Å². The number of nitrogens with zero attached hydrogens (tertiary/aromatic N) is 2. The maximum atomic E-state index is 10.9. The Morgan fingerprint density at radius 2 is 2.45 bits per heavy atom. The first-order chi connectivity index (χ1) is 5.25. The average Bonchev–Trinajstić information content (AvgIpc) is 2.53. The van der Waals surface area contributed by atoms with Crippen LogP contribution in [0.15, 0.2) is 18.7 Å². The molecule has 1 aromatic heterocycles.